The molecule has 0 fully saturated rings. The first-order chi connectivity index (χ1) is 14.8. The van der Waals surface area contributed by atoms with E-state index in [0.717, 1.165) is 4.47 Å². The Bertz CT molecular complexity index is 1300. The molecule has 0 radical (unpaired) electrons. The van der Waals surface area contributed by atoms with Gasteiger partial charge in [-0.3, -0.25) is 14.3 Å². The summed E-state index contributed by atoms with van der Waals surface area (Å²) in [5.41, 5.74) is 4.89. The van der Waals surface area contributed by atoms with Gasteiger partial charge >= 0.3 is 0 Å². The number of nitrogens with zero attached hydrogens (tertiary/aromatic N) is 1. The second kappa shape index (κ2) is 8.44. The van der Waals surface area contributed by atoms with Crippen LogP contribution in [0.25, 0.3) is 0 Å². The summed E-state index contributed by atoms with van der Waals surface area (Å²) in [6, 6.07) is 19.3. The SMILES string of the molecule is O=C(NN=C1CC(=O)c2ccccc21)c1ccc(NS(=O)(=O)c2ccc(Br)cc2)cc1. The molecule has 4 rings (SSSR count). The molecule has 1 aliphatic carbocycles. The smallest absolute Gasteiger partial charge is 0.271 e. The molecule has 0 bridgehead atoms. The number of hydrogen-bond donors (Lipinski definition) is 2. The number of carbonyl (C=O) groups excluding carboxylic acids is 2. The fourth-order valence-electron chi connectivity index (χ4n) is 3.12. The Morgan fingerprint density at radius 3 is 2.23 bits per heavy atom. The molecule has 1 amide bonds. The van der Waals surface area contributed by atoms with Gasteiger partial charge in [0.1, 0.15) is 0 Å². The summed E-state index contributed by atoms with van der Waals surface area (Å²) < 4.78 is 28.2. The highest BCUT2D eigenvalue weighted by atomic mass is 79.9. The number of Topliss-reactive ketones (excluding diaryl/α,β-unsaturated/α-hetero) is 1. The first-order valence-electron chi connectivity index (χ1n) is 9.21. The number of hydrogen-bond acceptors (Lipinski definition) is 5. The monoisotopic (exact) mass is 497 g/mol. The molecule has 1 aliphatic rings. The number of sulfonamides is 1. The predicted octanol–water partition coefficient (Wildman–Crippen LogP) is 3.97. The van der Waals surface area contributed by atoms with Crippen molar-refractivity contribution in [3.05, 3.63) is 94.0 Å². The molecule has 0 unspecified atom stereocenters. The molecule has 3 aromatic carbocycles. The third-order valence-electron chi connectivity index (χ3n) is 4.68. The van der Waals surface area contributed by atoms with E-state index in [1.165, 1.54) is 36.4 Å². The highest BCUT2D eigenvalue weighted by Crippen LogP contribution is 2.22. The Morgan fingerprint density at radius 2 is 1.55 bits per heavy atom. The summed E-state index contributed by atoms with van der Waals surface area (Å²) in [7, 11) is -3.74. The fraction of sp³-hybridized carbons (Fsp3) is 0.0455. The van der Waals surface area contributed by atoms with E-state index >= 15 is 0 Å². The summed E-state index contributed by atoms with van der Waals surface area (Å²) in [6.45, 7) is 0. The first-order valence-corrected chi connectivity index (χ1v) is 11.5. The number of amides is 1. The molecule has 0 heterocycles. The van der Waals surface area contributed by atoms with Crippen LogP contribution >= 0.6 is 15.9 Å². The van der Waals surface area contributed by atoms with E-state index in [9.17, 15) is 18.0 Å². The molecule has 0 atom stereocenters. The van der Waals surface area contributed by atoms with Gasteiger partial charge in [0.2, 0.25) is 0 Å². The number of anilines is 1. The Hall–Kier alpha value is -3.30. The lowest BCUT2D eigenvalue weighted by Gasteiger charge is -2.09. The van der Waals surface area contributed by atoms with Crippen molar-refractivity contribution in [1.82, 2.24) is 5.43 Å². The number of nitrogens with one attached hydrogen (secondary N) is 2. The second-order valence-corrected chi connectivity index (χ2v) is 9.38. The van der Waals surface area contributed by atoms with Crippen molar-refractivity contribution >= 4 is 49.0 Å². The highest BCUT2D eigenvalue weighted by Gasteiger charge is 2.25. The summed E-state index contributed by atoms with van der Waals surface area (Å²) in [6.07, 6.45) is 0.135. The van der Waals surface area contributed by atoms with Crippen LogP contribution in [0.4, 0.5) is 5.69 Å². The van der Waals surface area contributed by atoms with E-state index in [1.807, 2.05) is 6.07 Å². The number of fused-ring (bicyclic) bond motifs is 1. The number of halogens is 1. The highest BCUT2D eigenvalue weighted by molar-refractivity contribution is 9.10. The van der Waals surface area contributed by atoms with Gasteiger partial charge in [0.15, 0.2) is 5.78 Å². The zero-order valence-electron chi connectivity index (χ0n) is 16.0. The van der Waals surface area contributed by atoms with Crippen LogP contribution in [-0.2, 0) is 10.0 Å². The van der Waals surface area contributed by atoms with E-state index in [4.69, 9.17) is 0 Å². The topological polar surface area (TPSA) is 105 Å². The third kappa shape index (κ3) is 4.57. The first kappa shape index (κ1) is 21.0. The van der Waals surface area contributed by atoms with Gasteiger partial charge in [-0.25, -0.2) is 13.8 Å². The Morgan fingerprint density at radius 1 is 0.903 bits per heavy atom. The molecule has 9 heteroatoms. The molecular formula is C22H16BrN3O4S. The summed E-state index contributed by atoms with van der Waals surface area (Å²) in [5, 5.41) is 4.10. The lowest BCUT2D eigenvalue weighted by Crippen LogP contribution is -2.19. The maximum Gasteiger partial charge on any atom is 0.271 e. The van der Waals surface area contributed by atoms with Crippen LogP contribution in [0.1, 0.15) is 32.7 Å². The number of hydrazone groups is 1. The Labute approximate surface area is 187 Å². The molecule has 0 aliphatic heterocycles. The molecule has 0 aromatic heterocycles. The van der Waals surface area contributed by atoms with Crippen molar-refractivity contribution in [1.29, 1.82) is 0 Å². The van der Waals surface area contributed by atoms with Gasteiger partial charge in [0, 0.05) is 26.9 Å². The van der Waals surface area contributed by atoms with Gasteiger partial charge in [-0.15, -0.1) is 0 Å². The zero-order valence-corrected chi connectivity index (χ0v) is 18.4. The van der Waals surface area contributed by atoms with Gasteiger partial charge in [0.25, 0.3) is 15.9 Å². The minimum Gasteiger partial charge on any atom is -0.294 e. The number of rotatable bonds is 5. The molecular weight excluding hydrogens is 482 g/mol. The summed E-state index contributed by atoms with van der Waals surface area (Å²) in [5.74, 6) is -0.502. The fourth-order valence-corrected chi connectivity index (χ4v) is 4.44. The second-order valence-electron chi connectivity index (χ2n) is 6.78. The molecule has 156 valence electrons. The van der Waals surface area contributed by atoms with Gasteiger partial charge in [0.05, 0.1) is 17.0 Å². The molecule has 31 heavy (non-hydrogen) atoms. The van der Waals surface area contributed by atoms with E-state index in [0.29, 0.717) is 28.1 Å². The number of benzene rings is 3. The van der Waals surface area contributed by atoms with Crippen molar-refractivity contribution in [3.8, 4) is 0 Å². The average molecular weight is 498 g/mol. The van der Waals surface area contributed by atoms with Gasteiger partial charge in [-0.1, -0.05) is 40.2 Å². The van der Waals surface area contributed by atoms with Crippen molar-refractivity contribution < 1.29 is 18.0 Å². The van der Waals surface area contributed by atoms with E-state index in [-0.39, 0.29) is 17.1 Å². The maximum atomic E-state index is 12.5. The molecule has 0 saturated heterocycles. The third-order valence-corrected chi connectivity index (χ3v) is 6.61. The van der Waals surface area contributed by atoms with Gasteiger partial charge in [-0.2, -0.15) is 5.10 Å². The average Bonchev–Trinajstić information content (AvgIpc) is 3.08. The zero-order chi connectivity index (χ0) is 22.0. The lowest BCUT2D eigenvalue weighted by molar-refractivity contribution is 0.0952. The quantitative estimate of drug-likeness (QED) is 0.520. The van der Waals surface area contributed by atoms with Crippen LogP contribution in [0, 0.1) is 0 Å². The largest absolute Gasteiger partial charge is 0.294 e. The van der Waals surface area contributed by atoms with Crippen molar-refractivity contribution in [2.45, 2.75) is 11.3 Å². The van der Waals surface area contributed by atoms with Crippen LogP contribution in [0.2, 0.25) is 0 Å². The number of ketones is 1. The molecule has 7 nitrogen and oxygen atoms in total. The van der Waals surface area contributed by atoms with Crippen LogP contribution in [0.15, 0.2) is 87.3 Å². The van der Waals surface area contributed by atoms with Crippen molar-refractivity contribution in [2.24, 2.45) is 5.10 Å². The van der Waals surface area contributed by atoms with Gasteiger partial charge < -0.3 is 0 Å². The Balaban J connectivity index is 1.44. The summed E-state index contributed by atoms with van der Waals surface area (Å²) in [4.78, 5) is 24.5. The van der Waals surface area contributed by atoms with Crippen molar-refractivity contribution in [2.75, 3.05) is 4.72 Å². The predicted molar refractivity (Wildman–Crippen MR) is 121 cm³/mol. The lowest BCUT2D eigenvalue weighted by atomic mass is 10.1. The maximum absolute atomic E-state index is 12.5. The van der Waals surface area contributed by atoms with Crippen LogP contribution in [0.5, 0.6) is 0 Å². The summed E-state index contributed by atoms with van der Waals surface area (Å²) >= 11 is 3.27. The molecule has 0 spiro atoms. The molecule has 0 saturated carbocycles. The van der Waals surface area contributed by atoms with E-state index in [1.54, 1.807) is 30.3 Å². The van der Waals surface area contributed by atoms with Gasteiger partial charge in [-0.05, 0) is 48.5 Å². The van der Waals surface area contributed by atoms with Crippen LogP contribution < -0.4 is 10.1 Å². The van der Waals surface area contributed by atoms with Crippen LogP contribution in [-0.4, -0.2) is 25.8 Å². The van der Waals surface area contributed by atoms with E-state index < -0.39 is 15.9 Å². The van der Waals surface area contributed by atoms with Crippen LogP contribution in [0.3, 0.4) is 0 Å². The minimum atomic E-state index is -3.74. The Kier molecular flexibility index (Phi) is 5.71. The molecule has 2 N–H and O–H groups in total. The number of carbonyl (C=O) groups is 2. The standard InChI is InChI=1S/C22H16BrN3O4S/c23-15-7-11-17(12-8-15)31(29,30)26-16-9-5-14(6-10-16)22(28)25-24-20-13-21(27)19-4-2-1-3-18(19)20/h1-12,26H,13H2,(H,25,28). The molecule has 3 aromatic rings. The minimum absolute atomic E-state index is 0.0361. The van der Waals surface area contributed by atoms with Crippen molar-refractivity contribution in [3.63, 3.8) is 0 Å². The normalized spacial score (nSPS) is 14.4. The van der Waals surface area contributed by atoms with E-state index in [2.05, 4.69) is 31.2 Å².